The SMILES string of the molecule is C[C@H]1CCC[C@H](C)N1C(=O)C[NH+]1CCC(C(N)=O)CC1. The van der Waals surface area contributed by atoms with Crippen molar-refractivity contribution < 1.29 is 14.5 Å². The summed E-state index contributed by atoms with van der Waals surface area (Å²) in [4.78, 5) is 27.1. The van der Waals surface area contributed by atoms with Crippen LogP contribution in [0.1, 0.15) is 46.0 Å². The molecule has 2 fully saturated rings. The molecular weight excluding hydrogens is 254 g/mol. The quantitative estimate of drug-likeness (QED) is 0.737. The molecule has 0 aromatic heterocycles. The van der Waals surface area contributed by atoms with E-state index in [4.69, 9.17) is 5.73 Å². The van der Waals surface area contributed by atoms with Crippen LogP contribution < -0.4 is 10.6 Å². The zero-order valence-corrected chi connectivity index (χ0v) is 12.7. The minimum Gasteiger partial charge on any atom is -0.369 e. The van der Waals surface area contributed by atoms with Crippen molar-refractivity contribution in [3.8, 4) is 0 Å². The number of nitrogens with one attached hydrogen (secondary N) is 1. The zero-order chi connectivity index (χ0) is 14.7. The zero-order valence-electron chi connectivity index (χ0n) is 12.7. The van der Waals surface area contributed by atoms with E-state index < -0.39 is 0 Å². The minimum absolute atomic E-state index is 0.0154. The Morgan fingerprint density at radius 2 is 1.65 bits per heavy atom. The van der Waals surface area contributed by atoms with Crippen molar-refractivity contribution in [3.63, 3.8) is 0 Å². The first-order valence-corrected chi connectivity index (χ1v) is 7.93. The molecular formula is C15H28N3O2+. The molecule has 2 heterocycles. The summed E-state index contributed by atoms with van der Waals surface area (Å²) in [6.07, 6.45) is 5.11. The van der Waals surface area contributed by atoms with Crippen LogP contribution in [0.2, 0.25) is 0 Å². The molecule has 2 aliphatic rings. The number of nitrogens with zero attached hydrogens (tertiary/aromatic N) is 1. The lowest BCUT2D eigenvalue weighted by molar-refractivity contribution is -0.898. The Bertz CT molecular complexity index is 354. The fourth-order valence-electron chi connectivity index (χ4n) is 3.71. The summed E-state index contributed by atoms with van der Waals surface area (Å²) < 4.78 is 0. The maximum absolute atomic E-state index is 12.5. The highest BCUT2D eigenvalue weighted by Gasteiger charge is 2.33. The monoisotopic (exact) mass is 282 g/mol. The lowest BCUT2D eigenvalue weighted by Crippen LogP contribution is -3.14. The van der Waals surface area contributed by atoms with Crippen LogP contribution in [0.5, 0.6) is 0 Å². The summed E-state index contributed by atoms with van der Waals surface area (Å²) in [5.74, 6) is 0.104. The van der Waals surface area contributed by atoms with E-state index >= 15 is 0 Å². The number of piperidine rings is 2. The summed E-state index contributed by atoms with van der Waals surface area (Å²) >= 11 is 0. The molecule has 20 heavy (non-hydrogen) atoms. The third-order valence-electron chi connectivity index (χ3n) is 4.98. The summed E-state index contributed by atoms with van der Waals surface area (Å²) in [7, 11) is 0. The first kappa shape index (κ1) is 15.3. The van der Waals surface area contributed by atoms with E-state index in [9.17, 15) is 9.59 Å². The molecule has 114 valence electrons. The number of quaternary nitrogens is 1. The summed E-state index contributed by atoms with van der Waals surface area (Å²) in [5.41, 5.74) is 5.34. The highest BCUT2D eigenvalue weighted by Crippen LogP contribution is 2.22. The first-order valence-electron chi connectivity index (χ1n) is 7.93. The average molecular weight is 282 g/mol. The minimum atomic E-state index is -0.186. The lowest BCUT2D eigenvalue weighted by atomic mass is 9.95. The van der Waals surface area contributed by atoms with Crippen LogP contribution in [0.15, 0.2) is 0 Å². The van der Waals surface area contributed by atoms with Crippen LogP contribution in [-0.2, 0) is 9.59 Å². The molecule has 2 rings (SSSR count). The van der Waals surface area contributed by atoms with E-state index in [0.717, 1.165) is 38.8 Å². The second-order valence-electron chi connectivity index (χ2n) is 6.53. The topological polar surface area (TPSA) is 67.8 Å². The number of rotatable bonds is 3. The summed E-state index contributed by atoms with van der Waals surface area (Å²) in [6.45, 7) is 6.65. The first-order chi connectivity index (χ1) is 9.49. The molecule has 2 saturated heterocycles. The van der Waals surface area contributed by atoms with Gasteiger partial charge in [0, 0.05) is 30.8 Å². The molecule has 5 heteroatoms. The van der Waals surface area contributed by atoms with Crippen molar-refractivity contribution in [1.29, 1.82) is 0 Å². The van der Waals surface area contributed by atoms with Gasteiger partial charge in [-0.05, 0) is 33.1 Å². The number of carbonyl (C=O) groups excluding carboxylic acids is 2. The van der Waals surface area contributed by atoms with Crippen LogP contribution in [0.4, 0.5) is 0 Å². The second kappa shape index (κ2) is 6.57. The maximum atomic E-state index is 12.5. The fourth-order valence-corrected chi connectivity index (χ4v) is 3.71. The van der Waals surface area contributed by atoms with E-state index in [0.29, 0.717) is 18.6 Å². The van der Waals surface area contributed by atoms with E-state index in [1.807, 2.05) is 0 Å². The fraction of sp³-hybridized carbons (Fsp3) is 0.867. The van der Waals surface area contributed by atoms with Gasteiger partial charge in [0.1, 0.15) is 0 Å². The van der Waals surface area contributed by atoms with Gasteiger partial charge < -0.3 is 15.5 Å². The molecule has 0 bridgehead atoms. The average Bonchev–Trinajstić information content (AvgIpc) is 2.39. The van der Waals surface area contributed by atoms with Crippen LogP contribution >= 0.6 is 0 Å². The maximum Gasteiger partial charge on any atom is 0.278 e. The van der Waals surface area contributed by atoms with Crippen molar-refractivity contribution in [2.45, 2.75) is 58.0 Å². The third kappa shape index (κ3) is 3.51. The number of likely N-dealkylation sites (tertiary alicyclic amines) is 2. The largest absolute Gasteiger partial charge is 0.369 e. The number of nitrogens with two attached hydrogens (primary N) is 1. The Morgan fingerprint density at radius 1 is 1.10 bits per heavy atom. The Kier molecular flexibility index (Phi) is 5.02. The van der Waals surface area contributed by atoms with E-state index in [1.165, 1.54) is 11.3 Å². The molecule has 3 N–H and O–H groups in total. The molecule has 2 aliphatic heterocycles. The van der Waals surface area contributed by atoms with Gasteiger partial charge in [-0.15, -0.1) is 0 Å². The molecule has 0 aromatic rings. The highest BCUT2D eigenvalue weighted by atomic mass is 16.2. The van der Waals surface area contributed by atoms with Crippen molar-refractivity contribution in [2.24, 2.45) is 11.7 Å². The van der Waals surface area contributed by atoms with Crippen LogP contribution in [-0.4, -0.2) is 48.4 Å². The molecule has 0 spiro atoms. The molecule has 5 nitrogen and oxygen atoms in total. The highest BCUT2D eigenvalue weighted by molar-refractivity contribution is 5.78. The van der Waals surface area contributed by atoms with Gasteiger partial charge in [-0.1, -0.05) is 0 Å². The lowest BCUT2D eigenvalue weighted by Gasteiger charge is -2.39. The van der Waals surface area contributed by atoms with E-state index in [2.05, 4.69) is 18.7 Å². The predicted molar refractivity (Wildman–Crippen MR) is 77.1 cm³/mol. The van der Waals surface area contributed by atoms with Gasteiger partial charge in [0.15, 0.2) is 6.54 Å². The van der Waals surface area contributed by atoms with Gasteiger partial charge in [-0.2, -0.15) is 0 Å². The second-order valence-corrected chi connectivity index (χ2v) is 6.53. The molecule has 0 aromatic carbocycles. The Morgan fingerprint density at radius 3 is 2.15 bits per heavy atom. The molecule has 2 atom stereocenters. The van der Waals surface area contributed by atoms with Crippen LogP contribution in [0.3, 0.4) is 0 Å². The van der Waals surface area contributed by atoms with E-state index in [1.54, 1.807) is 0 Å². The van der Waals surface area contributed by atoms with Crippen LogP contribution in [0, 0.1) is 5.92 Å². The molecule has 0 saturated carbocycles. The number of hydrogen-bond acceptors (Lipinski definition) is 2. The Labute approximate surface area is 121 Å². The van der Waals surface area contributed by atoms with Crippen molar-refractivity contribution in [2.75, 3.05) is 19.6 Å². The number of amides is 2. The van der Waals surface area contributed by atoms with Gasteiger partial charge in [-0.3, -0.25) is 9.59 Å². The van der Waals surface area contributed by atoms with E-state index in [-0.39, 0.29) is 17.7 Å². The van der Waals surface area contributed by atoms with Crippen LogP contribution in [0.25, 0.3) is 0 Å². The van der Waals surface area contributed by atoms with Crippen molar-refractivity contribution in [1.82, 2.24) is 4.90 Å². The predicted octanol–water partition coefficient (Wildman–Crippen LogP) is -0.444. The van der Waals surface area contributed by atoms with Crippen molar-refractivity contribution >= 4 is 11.8 Å². The summed E-state index contributed by atoms with van der Waals surface area (Å²) in [5, 5.41) is 0. The Balaban J connectivity index is 1.84. The van der Waals surface area contributed by atoms with Gasteiger partial charge in [0.2, 0.25) is 5.91 Å². The van der Waals surface area contributed by atoms with Gasteiger partial charge >= 0.3 is 0 Å². The third-order valence-corrected chi connectivity index (χ3v) is 4.98. The molecule has 0 radical (unpaired) electrons. The van der Waals surface area contributed by atoms with Gasteiger partial charge in [0.25, 0.3) is 5.91 Å². The number of hydrogen-bond donors (Lipinski definition) is 2. The van der Waals surface area contributed by atoms with Crippen molar-refractivity contribution in [3.05, 3.63) is 0 Å². The van der Waals surface area contributed by atoms with Gasteiger partial charge in [0.05, 0.1) is 13.1 Å². The normalized spacial score (nSPS) is 34.8. The number of carbonyl (C=O) groups is 2. The molecule has 0 unspecified atom stereocenters. The number of primary amides is 1. The molecule has 0 aliphatic carbocycles. The molecule has 2 amide bonds. The standard InChI is InChI=1S/C15H27N3O2/c1-11-4-3-5-12(2)18(11)14(19)10-17-8-6-13(7-9-17)15(16)20/h11-13H,3-10H2,1-2H3,(H2,16,20)/p+1/t11-,12-/m0/s1. The Hall–Kier alpha value is -1.10. The summed E-state index contributed by atoms with van der Waals surface area (Å²) in [6, 6.07) is 0.739. The van der Waals surface area contributed by atoms with Gasteiger partial charge in [-0.25, -0.2) is 0 Å². The smallest absolute Gasteiger partial charge is 0.278 e.